The van der Waals surface area contributed by atoms with E-state index in [0.717, 1.165) is 38.5 Å². The highest BCUT2D eigenvalue weighted by atomic mass is 16.6. The Morgan fingerprint density at radius 3 is 0.679 bits per heavy atom. The van der Waals surface area contributed by atoms with Gasteiger partial charge in [-0.3, -0.25) is 0 Å². The summed E-state index contributed by atoms with van der Waals surface area (Å²) in [7, 11) is 0. The van der Waals surface area contributed by atoms with E-state index >= 15 is 0 Å². The van der Waals surface area contributed by atoms with Crippen molar-refractivity contribution in [3.05, 3.63) is 0 Å². The Balaban J connectivity index is 3.91. The van der Waals surface area contributed by atoms with Gasteiger partial charge in [-0.25, -0.2) is 9.59 Å². The third-order valence-corrected chi connectivity index (χ3v) is 11.4. The topological polar surface area (TPSA) is 124 Å². The second kappa shape index (κ2) is 37.9. The van der Waals surface area contributed by atoms with E-state index < -0.39 is 36.4 Å². The van der Waals surface area contributed by atoms with Crippen molar-refractivity contribution in [1.82, 2.24) is 0 Å². The van der Waals surface area contributed by atoms with Crippen LogP contribution in [-0.2, 0) is 14.3 Å². The molecule has 0 heterocycles. The standard InChI is InChI=1S/C46H90O7/c1-3-5-7-9-11-13-15-17-19-21-23-25-27-29-31-33-35-37-39-45(51,41-47)43(49)53-44(50)46(52,42-48)40-38-36-34-32-30-28-26-24-22-20-18-16-14-12-10-8-6-4-2/h47-48,51-52H,3-42H2,1-2H3. The van der Waals surface area contributed by atoms with Gasteiger partial charge in [0, 0.05) is 0 Å². The average Bonchev–Trinajstić information content (AvgIpc) is 3.16. The van der Waals surface area contributed by atoms with E-state index in [2.05, 4.69) is 13.8 Å². The van der Waals surface area contributed by atoms with Crippen molar-refractivity contribution < 1.29 is 34.8 Å². The molecule has 0 amide bonds. The first-order valence-corrected chi connectivity index (χ1v) is 23.2. The van der Waals surface area contributed by atoms with E-state index in [1.54, 1.807) is 0 Å². The molecule has 0 saturated heterocycles. The Hall–Kier alpha value is -1.02. The highest BCUT2D eigenvalue weighted by molar-refractivity contribution is 5.94. The number of carbonyl (C=O) groups is 2. The first-order chi connectivity index (χ1) is 25.8. The normalized spacial score (nSPS) is 13.9. The molecular formula is C46H90O7. The largest absolute Gasteiger partial charge is 0.393 e. The van der Waals surface area contributed by atoms with Crippen molar-refractivity contribution in [2.24, 2.45) is 0 Å². The summed E-state index contributed by atoms with van der Waals surface area (Å²) in [5, 5.41) is 41.0. The van der Waals surface area contributed by atoms with Gasteiger partial charge in [0.2, 0.25) is 0 Å². The van der Waals surface area contributed by atoms with Gasteiger partial charge in [-0.1, -0.05) is 232 Å². The second-order valence-electron chi connectivity index (χ2n) is 16.6. The maximum Gasteiger partial charge on any atom is 0.348 e. The van der Waals surface area contributed by atoms with E-state index in [1.807, 2.05) is 0 Å². The molecule has 0 aliphatic rings. The molecule has 0 aromatic carbocycles. The summed E-state index contributed by atoms with van der Waals surface area (Å²) in [5.74, 6) is -2.52. The summed E-state index contributed by atoms with van der Waals surface area (Å²) < 4.78 is 4.84. The maximum absolute atomic E-state index is 12.7. The molecule has 2 atom stereocenters. The molecule has 0 aromatic heterocycles. The van der Waals surface area contributed by atoms with Gasteiger partial charge in [0.15, 0.2) is 11.2 Å². The third kappa shape index (κ3) is 30.8. The maximum atomic E-state index is 12.7. The molecule has 7 nitrogen and oxygen atoms in total. The van der Waals surface area contributed by atoms with Gasteiger partial charge in [-0.05, 0) is 25.7 Å². The molecule has 0 spiro atoms. The van der Waals surface area contributed by atoms with Gasteiger partial charge < -0.3 is 25.2 Å². The van der Waals surface area contributed by atoms with Crippen molar-refractivity contribution in [1.29, 1.82) is 0 Å². The number of hydrogen-bond acceptors (Lipinski definition) is 7. The molecule has 0 radical (unpaired) electrons. The molecule has 0 aromatic rings. The molecule has 0 aliphatic carbocycles. The fourth-order valence-corrected chi connectivity index (χ4v) is 7.40. The number of rotatable bonds is 42. The number of esters is 2. The summed E-state index contributed by atoms with van der Waals surface area (Å²) in [6.45, 7) is 2.80. The smallest absolute Gasteiger partial charge is 0.348 e. The molecule has 0 fully saturated rings. The summed E-state index contributed by atoms with van der Waals surface area (Å²) in [5.41, 5.74) is -4.40. The number of aliphatic hydroxyl groups is 4. The van der Waals surface area contributed by atoms with Crippen LogP contribution in [0.2, 0.25) is 0 Å². The molecular weight excluding hydrogens is 664 g/mol. The van der Waals surface area contributed by atoms with Crippen molar-refractivity contribution in [2.45, 2.75) is 269 Å². The molecule has 0 saturated carbocycles. The van der Waals surface area contributed by atoms with Crippen molar-refractivity contribution >= 4 is 11.9 Å². The van der Waals surface area contributed by atoms with E-state index in [-0.39, 0.29) is 12.8 Å². The van der Waals surface area contributed by atoms with Crippen LogP contribution < -0.4 is 0 Å². The van der Waals surface area contributed by atoms with E-state index in [9.17, 15) is 30.0 Å². The lowest BCUT2D eigenvalue weighted by Gasteiger charge is -2.27. The summed E-state index contributed by atoms with van der Waals surface area (Å²) in [4.78, 5) is 25.4. The van der Waals surface area contributed by atoms with Crippen molar-refractivity contribution in [2.75, 3.05) is 13.2 Å². The van der Waals surface area contributed by atoms with Crippen LogP contribution in [0.25, 0.3) is 0 Å². The SMILES string of the molecule is CCCCCCCCCCCCCCCCCCCCC(O)(CO)C(=O)OC(=O)C(O)(CO)CCCCCCCCCCCCCCCCCCCC. The predicted molar refractivity (Wildman–Crippen MR) is 222 cm³/mol. The van der Waals surface area contributed by atoms with Gasteiger partial charge in [0.25, 0.3) is 0 Å². The van der Waals surface area contributed by atoms with Crippen LogP contribution >= 0.6 is 0 Å². The Kier molecular flexibility index (Phi) is 37.2. The number of carbonyl (C=O) groups excluding carboxylic acids is 2. The second-order valence-corrected chi connectivity index (χ2v) is 16.6. The number of hydrogen-bond donors (Lipinski definition) is 4. The minimum Gasteiger partial charge on any atom is -0.393 e. The van der Waals surface area contributed by atoms with Crippen LogP contribution in [0.3, 0.4) is 0 Å². The summed E-state index contributed by atoms with van der Waals surface area (Å²) in [6.07, 6.45) is 44.3. The zero-order chi connectivity index (χ0) is 39.1. The Morgan fingerprint density at radius 2 is 0.509 bits per heavy atom. The van der Waals surface area contributed by atoms with E-state index in [0.29, 0.717) is 12.8 Å². The number of ether oxygens (including phenoxy) is 1. The monoisotopic (exact) mass is 755 g/mol. The van der Waals surface area contributed by atoms with Crippen LogP contribution in [0, 0.1) is 0 Å². The Bertz CT molecular complexity index is 741. The van der Waals surface area contributed by atoms with Crippen LogP contribution in [0.1, 0.15) is 258 Å². The highest BCUT2D eigenvalue weighted by Gasteiger charge is 2.43. The zero-order valence-electron chi connectivity index (χ0n) is 35.3. The van der Waals surface area contributed by atoms with Crippen LogP contribution in [0.5, 0.6) is 0 Å². The fraction of sp³-hybridized carbons (Fsp3) is 0.957. The predicted octanol–water partition coefficient (Wildman–Crippen LogP) is 12.4. The zero-order valence-corrected chi connectivity index (χ0v) is 35.3. The minimum atomic E-state index is -2.20. The van der Waals surface area contributed by atoms with Gasteiger partial charge in [0.05, 0.1) is 13.2 Å². The number of unbranched alkanes of at least 4 members (excludes halogenated alkanes) is 34. The van der Waals surface area contributed by atoms with Crippen LogP contribution in [0.4, 0.5) is 0 Å². The van der Waals surface area contributed by atoms with E-state index in [4.69, 9.17) is 4.74 Å². The summed E-state index contributed by atoms with van der Waals surface area (Å²) >= 11 is 0. The van der Waals surface area contributed by atoms with Gasteiger partial charge in [0.1, 0.15) is 0 Å². The van der Waals surface area contributed by atoms with Crippen LogP contribution in [0.15, 0.2) is 0 Å². The molecule has 0 bridgehead atoms. The van der Waals surface area contributed by atoms with Crippen molar-refractivity contribution in [3.8, 4) is 0 Å². The lowest BCUT2D eigenvalue weighted by molar-refractivity contribution is -0.190. The lowest BCUT2D eigenvalue weighted by atomic mass is 9.94. The molecule has 7 heteroatoms. The van der Waals surface area contributed by atoms with Crippen LogP contribution in [-0.4, -0.2) is 56.8 Å². The lowest BCUT2D eigenvalue weighted by Crippen LogP contribution is -2.50. The minimum absolute atomic E-state index is 0.0227. The molecule has 53 heavy (non-hydrogen) atoms. The van der Waals surface area contributed by atoms with E-state index in [1.165, 1.54) is 180 Å². The Labute approximate surface area is 328 Å². The average molecular weight is 755 g/mol. The molecule has 2 unspecified atom stereocenters. The molecule has 316 valence electrons. The first-order valence-electron chi connectivity index (χ1n) is 23.2. The van der Waals surface area contributed by atoms with Crippen molar-refractivity contribution in [3.63, 3.8) is 0 Å². The molecule has 4 N–H and O–H groups in total. The summed E-state index contributed by atoms with van der Waals surface area (Å²) in [6, 6.07) is 0. The Morgan fingerprint density at radius 1 is 0.340 bits per heavy atom. The number of aliphatic hydroxyl groups excluding tert-OH is 2. The first kappa shape index (κ1) is 52.0. The highest BCUT2D eigenvalue weighted by Crippen LogP contribution is 2.23. The van der Waals surface area contributed by atoms with Gasteiger partial charge in [-0.2, -0.15) is 0 Å². The fourth-order valence-electron chi connectivity index (χ4n) is 7.40. The molecule has 0 rings (SSSR count). The van der Waals surface area contributed by atoms with Gasteiger partial charge in [-0.15, -0.1) is 0 Å². The third-order valence-electron chi connectivity index (χ3n) is 11.4. The quantitative estimate of drug-likeness (QED) is 0.0278. The molecule has 0 aliphatic heterocycles. The van der Waals surface area contributed by atoms with Gasteiger partial charge >= 0.3 is 11.9 Å².